The highest BCUT2D eigenvalue weighted by Gasteiger charge is 2.35. The molecule has 0 aliphatic carbocycles. The van der Waals surface area contributed by atoms with E-state index in [0.29, 0.717) is 31.3 Å². The van der Waals surface area contributed by atoms with Gasteiger partial charge >= 0.3 is 0 Å². The van der Waals surface area contributed by atoms with Crippen LogP contribution in [0.5, 0.6) is 5.75 Å². The highest BCUT2D eigenvalue weighted by molar-refractivity contribution is 5.96. The van der Waals surface area contributed by atoms with Crippen LogP contribution in [-0.4, -0.2) is 29.2 Å². The van der Waals surface area contributed by atoms with Gasteiger partial charge in [-0.1, -0.05) is 50.2 Å². The number of hydrogen-bond acceptors (Lipinski definition) is 5. The van der Waals surface area contributed by atoms with Gasteiger partial charge in [-0.25, -0.2) is 0 Å². The monoisotopic (exact) mass is 405 g/mol. The fourth-order valence-corrected chi connectivity index (χ4v) is 3.65. The van der Waals surface area contributed by atoms with Crippen molar-refractivity contribution >= 4 is 11.6 Å². The van der Waals surface area contributed by atoms with Gasteiger partial charge < -0.3 is 14.2 Å². The van der Waals surface area contributed by atoms with E-state index in [4.69, 9.17) is 9.26 Å². The van der Waals surface area contributed by atoms with Gasteiger partial charge in [-0.05, 0) is 42.2 Å². The van der Waals surface area contributed by atoms with Crippen molar-refractivity contribution in [1.29, 1.82) is 0 Å². The second-order valence-corrected chi connectivity index (χ2v) is 8.62. The summed E-state index contributed by atoms with van der Waals surface area (Å²) in [6.45, 7) is 9.63. The summed E-state index contributed by atoms with van der Waals surface area (Å²) in [6.07, 6.45) is 0.359. The van der Waals surface area contributed by atoms with Crippen molar-refractivity contribution in [3.63, 3.8) is 0 Å². The van der Waals surface area contributed by atoms with Crippen LogP contribution in [0, 0.1) is 0 Å². The molecule has 1 atom stereocenters. The minimum atomic E-state index is -0.112. The number of carbonyl (C=O) groups excluding carboxylic acids is 1. The highest BCUT2D eigenvalue weighted by Crippen LogP contribution is 2.33. The lowest BCUT2D eigenvalue weighted by molar-refractivity contribution is -0.117. The first-order chi connectivity index (χ1) is 14.3. The van der Waals surface area contributed by atoms with Crippen molar-refractivity contribution in [2.45, 2.75) is 45.4 Å². The molecule has 0 bridgehead atoms. The molecule has 1 aromatic heterocycles. The van der Waals surface area contributed by atoms with Crippen molar-refractivity contribution in [2.75, 3.05) is 18.1 Å². The van der Waals surface area contributed by atoms with Crippen LogP contribution < -0.4 is 9.64 Å². The zero-order valence-electron chi connectivity index (χ0n) is 17.9. The molecule has 2 aromatic carbocycles. The molecule has 0 radical (unpaired) electrons. The number of ether oxygens (including phenoxy) is 1. The fraction of sp³-hybridized carbons (Fsp3) is 0.375. The largest absolute Gasteiger partial charge is 0.494 e. The molecule has 0 N–H and O–H groups in total. The Bertz CT molecular complexity index is 1020. The SMILES string of the molecule is CCOc1ccc(N2CC(c3nc(-c4ccc(C(C)(C)C)cc4)no3)CC2=O)cc1. The summed E-state index contributed by atoms with van der Waals surface area (Å²) in [5, 5.41) is 4.15. The predicted molar refractivity (Wildman–Crippen MR) is 116 cm³/mol. The van der Waals surface area contributed by atoms with E-state index in [1.54, 1.807) is 4.90 Å². The third-order valence-electron chi connectivity index (χ3n) is 5.38. The molecule has 4 rings (SSSR count). The highest BCUT2D eigenvalue weighted by atomic mass is 16.5. The molecule has 1 aliphatic heterocycles. The molecule has 0 saturated carbocycles. The third kappa shape index (κ3) is 4.08. The van der Waals surface area contributed by atoms with E-state index < -0.39 is 0 Å². The maximum absolute atomic E-state index is 12.6. The number of hydrogen-bond donors (Lipinski definition) is 0. The zero-order chi connectivity index (χ0) is 21.3. The first kappa shape index (κ1) is 20.1. The van der Waals surface area contributed by atoms with Crippen LogP contribution in [0.2, 0.25) is 0 Å². The van der Waals surface area contributed by atoms with Crippen molar-refractivity contribution in [2.24, 2.45) is 0 Å². The van der Waals surface area contributed by atoms with E-state index in [9.17, 15) is 4.79 Å². The van der Waals surface area contributed by atoms with Crippen LogP contribution in [0.15, 0.2) is 53.1 Å². The van der Waals surface area contributed by atoms with Gasteiger partial charge in [0.2, 0.25) is 17.6 Å². The van der Waals surface area contributed by atoms with Crippen molar-refractivity contribution in [1.82, 2.24) is 10.1 Å². The van der Waals surface area contributed by atoms with E-state index in [2.05, 4.69) is 43.0 Å². The van der Waals surface area contributed by atoms with Crippen LogP contribution in [0.1, 0.15) is 51.5 Å². The first-order valence-electron chi connectivity index (χ1n) is 10.3. The van der Waals surface area contributed by atoms with E-state index in [1.165, 1.54) is 5.56 Å². The van der Waals surface area contributed by atoms with Gasteiger partial charge in [0.15, 0.2) is 0 Å². The van der Waals surface area contributed by atoms with Gasteiger partial charge in [0.05, 0.1) is 12.5 Å². The van der Waals surface area contributed by atoms with Crippen LogP contribution in [0.25, 0.3) is 11.4 Å². The minimum Gasteiger partial charge on any atom is -0.494 e. The van der Waals surface area contributed by atoms with Gasteiger partial charge in [-0.15, -0.1) is 0 Å². The summed E-state index contributed by atoms with van der Waals surface area (Å²) in [4.78, 5) is 18.9. The molecule has 6 heteroatoms. The van der Waals surface area contributed by atoms with Gasteiger partial charge in [-0.2, -0.15) is 4.98 Å². The Hall–Kier alpha value is -3.15. The van der Waals surface area contributed by atoms with E-state index >= 15 is 0 Å². The maximum atomic E-state index is 12.6. The average molecular weight is 405 g/mol. The molecule has 1 amide bonds. The summed E-state index contributed by atoms with van der Waals surface area (Å²) in [6, 6.07) is 15.8. The molecular weight excluding hydrogens is 378 g/mol. The molecule has 1 aliphatic rings. The lowest BCUT2D eigenvalue weighted by atomic mass is 9.87. The van der Waals surface area contributed by atoms with Crippen molar-refractivity contribution in [3.05, 3.63) is 60.0 Å². The van der Waals surface area contributed by atoms with E-state index in [-0.39, 0.29) is 17.2 Å². The number of anilines is 1. The molecule has 6 nitrogen and oxygen atoms in total. The summed E-state index contributed by atoms with van der Waals surface area (Å²) in [5.41, 5.74) is 3.10. The van der Waals surface area contributed by atoms with Crippen molar-refractivity contribution < 1.29 is 14.1 Å². The minimum absolute atomic E-state index is 0.0541. The van der Waals surface area contributed by atoms with Gasteiger partial charge in [0.25, 0.3) is 0 Å². The fourth-order valence-electron chi connectivity index (χ4n) is 3.65. The summed E-state index contributed by atoms with van der Waals surface area (Å²) < 4.78 is 11.0. The second-order valence-electron chi connectivity index (χ2n) is 8.62. The van der Waals surface area contributed by atoms with Crippen LogP contribution in [-0.2, 0) is 10.2 Å². The molecule has 1 fully saturated rings. The molecule has 1 unspecified atom stereocenters. The Balaban J connectivity index is 1.48. The number of nitrogens with zero attached hydrogens (tertiary/aromatic N) is 3. The Labute approximate surface area is 176 Å². The van der Waals surface area contributed by atoms with E-state index in [1.807, 2.05) is 43.3 Å². The van der Waals surface area contributed by atoms with Crippen molar-refractivity contribution in [3.8, 4) is 17.1 Å². The maximum Gasteiger partial charge on any atom is 0.232 e. The topological polar surface area (TPSA) is 68.5 Å². The smallest absolute Gasteiger partial charge is 0.232 e. The van der Waals surface area contributed by atoms with Crippen LogP contribution in [0.4, 0.5) is 5.69 Å². The Morgan fingerprint density at radius 1 is 1.10 bits per heavy atom. The van der Waals surface area contributed by atoms with Crippen LogP contribution in [0.3, 0.4) is 0 Å². The predicted octanol–water partition coefficient (Wildman–Crippen LogP) is 4.95. The number of benzene rings is 2. The van der Waals surface area contributed by atoms with Crippen LogP contribution >= 0.6 is 0 Å². The summed E-state index contributed by atoms with van der Waals surface area (Å²) >= 11 is 0. The Morgan fingerprint density at radius 2 is 1.80 bits per heavy atom. The Kier molecular flexibility index (Phi) is 5.33. The summed E-state index contributed by atoms with van der Waals surface area (Å²) in [5.74, 6) is 1.80. The molecule has 1 saturated heterocycles. The van der Waals surface area contributed by atoms with Gasteiger partial charge in [-0.3, -0.25) is 4.79 Å². The number of amides is 1. The number of rotatable bonds is 5. The molecular formula is C24H27N3O3. The number of carbonyl (C=O) groups is 1. The van der Waals surface area contributed by atoms with E-state index in [0.717, 1.165) is 17.0 Å². The summed E-state index contributed by atoms with van der Waals surface area (Å²) in [7, 11) is 0. The number of aromatic nitrogens is 2. The second kappa shape index (κ2) is 7.94. The quantitative estimate of drug-likeness (QED) is 0.600. The lowest BCUT2D eigenvalue weighted by Gasteiger charge is -2.18. The normalized spacial score (nSPS) is 16.9. The third-order valence-corrected chi connectivity index (χ3v) is 5.38. The zero-order valence-corrected chi connectivity index (χ0v) is 17.9. The molecule has 156 valence electrons. The average Bonchev–Trinajstić information content (AvgIpc) is 3.35. The van der Waals surface area contributed by atoms with Gasteiger partial charge in [0, 0.05) is 24.2 Å². The lowest BCUT2D eigenvalue weighted by Crippen LogP contribution is -2.24. The molecule has 3 aromatic rings. The molecule has 0 spiro atoms. The molecule has 30 heavy (non-hydrogen) atoms. The first-order valence-corrected chi connectivity index (χ1v) is 10.3. The standard InChI is InChI=1S/C24H27N3O3/c1-5-29-20-12-10-19(11-13-20)27-15-17(14-21(27)28)23-25-22(26-30-23)16-6-8-18(9-7-16)24(2,3)4/h6-13,17H,5,14-15H2,1-4H3. The Morgan fingerprint density at radius 3 is 2.43 bits per heavy atom. The molecule has 2 heterocycles. The van der Waals surface area contributed by atoms with Gasteiger partial charge in [0.1, 0.15) is 5.75 Å².